The summed E-state index contributed by atoms with van der Waals surface area (Å²) < 4.78 is 5.68. The van der Waals surface area contributed by atoms with Gasteiger partial charge in [0.25, 0.3) is 0 Å². The number of carbonyl (C=O) groups excluding carboxylic acids is 1. The van der Waals surface area contributed by atoms with Crippen molar-refractivity contribution in [2.45, 2.75) is 24.9 Å². The van der Waals surface area contributed by atoms with E-state index in [4.69, 9.17) is 10.5 Å². The second-order valence-corrected chi connectivity index (χ2v) is 5.61. The van der Waals surface area contributed by atoms with Crippen LogP contribution in [-0.2, 0) is 11.2 Å². The maximum Gasteiger partial charge on any atom is 0.222 e. The van der Waals surface area contributed by atoms with Crippen LogP contribution < -0.4 is 15.8 Å². The molecule has 0 fully saturated rings. The van der Waals surface area contributed by atoms with Crippen LogP contribution in [-0.4, -0.2) is 18.6 Å². The first kappa shape index (κ1) is 14.6. The van der Waals surface area contributed by atoms with Crippen LogP contribution >= 0.6 is 0 Å². The predicted molar refractivity (Wildman–Crippen MR) is 85.6 cm³/mol. The highest BCUT2D eigenvalue weighted by Gasteiger charge is 2.22. The van der Waals surface area contributed by atoms with Gasteiger partial charge in [0.15, 0.2) is 0 Å². The number of rotatable bonds is 4. The summed E-state index contributed by atoms with van der Waals surface area (Å²) in [7, 11) is 0. The quantitative estimate of drug-likeness (QED) is 0.909. The zero-order valence-corrected chi connectivity index (χ0v) is 12.4. The van der Waals surface area contributed by atoms with E-state index in [1.54, 1.807) is 0 Å². The van der Waals surface area contributed by atoms with E-state index in [0.717, 1.165) is 23.3 Å². The number of para-hydroxylation sites is 1. The lowest BCUT2D eigenvalue weighted by Gasteiger charge is -2.26. The molecule has 2 aromatic rings. The summed E-state index contributed by atoms with van der Waals surface area (Å²) in [5.41, 5.74) is 8.19. The Morgan fingerprint density at radius 2 is 1.91 bits per heavy atom. The van der Waals surface area contributed by atoms with E-state index in [9.17, 15) is 4.79 Å². The molecule has 0 saturated heterocycles. The van der Waals surface area contributed by atoms with Gasteiger partial charge in [-0.15, -0.1) is 0 Å². The van der Waals surface area contributed by atoms with Crippen molar-refractivity contribution in [3.8, 4) is 5.75 Å². The molecule has 0 aromatic heterocycles. The second kappa shape index (κ2) is 6.62. The lowest BCUT2D eigenvalue weighted by Crippen LogP contribution is -2.43. The first-order chi connectivity index (χ1) is 10.7. The molecule has 0 aliphatic carbocycles. The predicted octanol–water partition coefficient (Wildman–Crippen LogP) is 2.20. The Kier molecular flexibility index (Phi) is 4.39. The van der Waals surface area contributed by atoms with Gasteiger partial charge in [0.1, 0.15) is 12.4 Å². The molecule has 4 nitrogen and oxygen atoms in total. The minimum atomic E-state index is -0.280. The summed E-state index contributed by atoms with van der Waals surface area (Å²) in [6.07, 6.45) is 1.07. The molecular formula is C18H20N2O2. The number of carbonyl (C=O) groups is 1. The summed E-state index contributed by atoms with van der Waals surface area (Å²) >= 11 is 0. The third kappa shape index (κ3) is 3.46. The zero-order valence-electron chi connectivity index (χ0n) is 12.4. The van der Waals surface area contributed by atoms with E-state index in [2.05, 4.69) is 5.32 Å². The normalized spacial score (nSPS) is 18.0. The molecule has 1 amide bonds. The van der Waals surface area contributed by atoms with Gasteiger partial charge in [-0.05, 0) is 23.6 Å². The smallest absolute Gasteiger partial charge is 0.222 e. The fraction of sp³-hybridized carbons (Fsp3) is 0.278. The number of benzene rings is 2. The number of hydrogen-bond donors (Lipinski definition) is 2. The summed E-state index contributed by atoms with van der Waals surface area (Å²) in [5, 5.41) is 3.02. The maximum atomic E-state index is 12.2. The van der Waals surface area contributed by atoms with Gasteiger partial charge in [-0.3, -0.25) is 4.79 Å². The molecule has 0 bridgehead atoms. The van der Waals surface area contributed by atoms with Gasteiger partial charge in [0, 0.05) is 12.5 Å². The molecule has 3 rings (SSSR count). The molecule has 1 heterocycles. The van der Waals surface area contributed by atoms with Gasteiger partial charge >= 0.3 is 0 Å². The fourth-order valence-electron chi connectivity index (χ4n) is 2.73. The minimum absolute atomic E-state index is 0.00498. The van der Waals surface area contributed by atoms with E-state index < -0.39 is 0 Å². The van der Waals surface area contributed by atoms with Crippen LogP contribution in [0.5, 0.6) is 5.75 Å². The topological polar surface area (TPSA) is 64.4 Å². The van der Waals surface area contributed by atoms with Crippen molar-refractivity contribution >= 4 is 5.91 Å². The highest BCUT2D eigenvalue weighted by Crippen LogP contribution is 2.24. The highest BCUT2D eigenvalue weighted by atomic mass is 16.5. The summed E-state index contributed by atoms with van der Waals surface area (Å²) in [4.78, 5) is 12.2. The molecule has 0 saturated carbocycles. The van der Waals surface area contributed by atoms with Crippen LogP contribution in [0.15, 0.2) is 54.6 Å². The lowest BCUT2D eigenvalue weighted by atomic mass is 10.0. The third-order valence-corrected chi connectivity index (χ3v) is 3.88. The first-order valence-corrected chi connectivity index (χ1v) is 7.53. The van der Waals surface area contributed by atoms with Gasteiger partial charge in [-0.1, -0.05) is 48.5 Å². The van der Waals surface area contributed by atoms with Crippen LogP contribution in [0.4, 0.5) is 0 Å². The van der Waals surface area contributed by atoms with Crippen molar-refractivity contribution in [2.24, 2.45) is 5.73 Å². The van der Waals surface area contributed by atoms with Gasteiger partial charge < -0.3 is 15.8 Å². The molecule has 4 heteroatoms. The Labute approximate surface area is 130 Å². The third-order valence-electron chi connectivity index (χ3n) is 3.88. The zero-order chi connectivity index (χ0) is 15.4. The number of fused-ring (bicyclic) bond motifs is 1. The molecule has 3 N–H and O–H groups in total. The molecule has 22 heavy (non-hydrogen) atoms. The van der Waals surface area contributed by atoms with Crippen molar-refractivity contribution < 1.29 is 9.53 Å². The number of hydrogen-bond acceptors (Lipinski definition) is 3. The molecule has 1 aliphatic heterocycles. The Hall–Kier alpha value is -2.33. The average Bonchev–Trinajstić information content (AvgIpc) is 2.55. The number of amides is 1. The lowest BCUT2D eigenvalue weighted by molar-refractivity contribution is -0.122. The summed E-state index contributed by atoms with van der Waals surface area (Å²) in [6.45, 7) is 0.503. The molecule has 2 atom stereocenters. The van der Waals surface area contributed by atoms with Gasteiger partial charge in [-0.2, -0.15) is 0 Å². The molecule has 0 radical (unpaired) electrons. The Balaban J connectivity index is 1.55. The Bertz CT molecular complexity index is 643. The van der Waals surface area contributed by atoms with E-state index in [0.29, 0.717) is 6.61 Å². The van der Waals surface area contributed by atoms with Crippen LogP contribution in [0.25, 0.3) is 0 Å². The van der Waals surface area contributed by atoms with Gasteiger partial charge in [0.2, 0.25) is 5.91 Å². The molecular weight excluding hydrogens is 276 g/mol. The maximum absolute atomic E-state index is 12.2. The average molecular weight is 296 g/mol. The molecule has 2 aromatic carbocycles. The summed E-state index contributed by atoms with van der Waals surface area (Å²) in [5.74, 6) is 0.873. The number of nitrogens with two attached hydrogens (primary N) is 1. The van der Waals surface area contributed by atoms with Crippen LogP contribution in [0, 0.1) is 0 Å². The summed E-state index contributed by atoms with van der Waals surface area (Å²) in [6, 6.07) is 17.3. The first-order valence-electron chi connectivity index (χ1n) is 7.53. The van der Waals surface area contributed by atoms with Crippen LogP contribution in [0.2, 0.25) is 0 Å². The molecule has 2 unspecified atom stereocenters. The number of ether oxygens (including phenoxy) is 1. The van der Waals surface area contributed by atoms with E-state index in [1.807, 2.05) is 54.6 Å². The monoisotopic (exact) mass is 296 g/mol. The van der Waals surface area contributed by atoms with E-state index in [1.165, 1.54) is 0 Å². The van der Waals surface area contributed by atoms with Gasteiger partial charge in [-0.25, -0.2) is 0 Å². The highest BCUT2D eigenvalue weighted by molar-refractivity contribution is 5.77. The van der Waals surface area contributed by atoms with Crippen molar-refractivity contribution in [1.29, 1.82) is 0 Å². The Morgan fingerprint density at radius 3 is 2.73 bits per heavy atom. The van der Waals surface area contributed by atoms with Crippen molar-refractivity contribution in [1.82, 2.24) is 5.32 Å². The van der Waals surface area contributed by atoms with E-state index >= 15 is 0 Å². The van der Waals surface area contributed by atoms with Crippen LogP contribution in [0.3, 0.4) is 0 Å². The molecule has 1 aliphatic rings. The van der Waals surface area contributed by atoms with Crippen molar-refractivity contribution in [2.75, 3.05) is 6.61 Å². The second-order valence-electron chi connectivity index (χ2n) is 5.61. The molecule has 114 valence electrons. The Morgan fingerprint density at radius 1 is 1.18 bits per heavy atom. The van der Waals surface area contributed by atoms with E-state index in [-0.39, 0.29) is 24.4 Å². The van der Waals surface area contributed by atoms with Gasteiger partial charge in [0.05, 0.1) is 6.04 Å². The minimum Gasteiger partial charge on any atom is -0.491 e. The van der Waals surface area contributed by atoms with Crippen molar-refractivity contribution in [3.63, 3.8) is 0 Å². The SMILES string of the molecule is NC(CC(=O)NC1COc2ccccc2C1)c1ccccc1. The fourth-order valence-corrected chi connectivity index (χ4v) is 2.73. The molecule has 0 spiro atoms. The van der Waals surface area contributed by atoms with Crippen LogP contribution in [0.1, 0.15) is 23.6 Å². The van der Waals surface area contributed by atoms with Crippen molar-refractivity contribution in [3.05, 3.63) is 65.7 Å². The number of nitrogens with one attached hydrogen (secondary N) is 1. The largest absolute Gasteiger partial charge is 0.491 e. The standard InChI is InChI=1S/C18H20N2O2/c19-16(13-6-2-1-3-7-13)11-18(21)20-15-10-14-8-4-5-9-17(14)22-12-15/h1-9,15-16H,10-12,19H2,(H,20,21).